The molecule has 1 fully saturated rings. The maximum absolute atomic E-state index is 12.5. The normalized spacial score (nSPS) is 20.6. The van der Waals surface area contributed by atoms with Gasteiger partial charge in [0.15, 0.2) is 5.76 Å². The van der Waals surface area contributed by atoms with E-state index in [0.29, 0.717) is 9.88 Å². The number of hydrogen-bond donors (Lipinski definition) is 2. The molecule has 0 aromatic carbocycles. The SMILES string of the molecule is Cc1cc(NC(=O)c2ccco2)sc1C(=O)NC1CCC(C)CC1. The van der Waals surface area contributed by atoms with Gasteiger partial charge < -0.3 is 15.1 Å². The highest BCUT2D eigenvalue weighted by molar-refractivity contribution is 7.18. The van der Waals surface area contributed by atoms with Crippen molar-refractivity contribution in [2.45, 2.75) is 45.6 Å². The quantitative estimate of drug-likeness (QED) is 0.871. The van der Waals surface area contributed by atoms with Crippen molar-refractivity contribution in [3.63, 3.8) is 0 Å². The Balaban J connectivity index is 1.63. The first-order valence-electron chi connectivity index (χ1n) is 8.29. The van der Waals surface area contributed by atoms with Gasteiger partial charge in [0, 0.05) is 6.04 Å². The standard InChI is InChI=1S/C18H22N2O3S/c1-11-5-7-13(8-6-11)19-18(22)16-12(2)10-15(24-16)20-17(21)14-4-3-9-23-14/h3-4,9-11,13H,5-8H2,1-2H3,(H,19,22)(H,20,21). The summed E-state index contributed by atoms with van der Waals surface area (Å²) in [5, 5.41) is 6.56. The maximum Gasteiger partial charge on any atom is 0.291 e. The summed E-state index contributed by atoms with van der Waals surface area (Å²) in [5.41, 5.74) is 0.872. The second kappa shape index (κ2) is 7.21. The Kier molecular flexibility index (Phi) is 5.04. The molecule has 0 radical (unpaired) electrons. The summed E-state index contributed by atoms with van der Waals surface area (Å²) in [6.07, 6.45) is 5.87. The van der Waals surface area contributed by atoms with E-state index in [0.717, 1.165) is 24.3 Å². The summed E-state index contributed by atoms with van der Waals surface area (Å²) in [5.74, 6) is 0.651. The van der Waals surface area contributed by atoms with Crippen LogP contribution in [0.1, 0.15) is 58.4 Å². The lowest BCUT2D eigenvalue weighted by atomic mass is 9.87. The fourth-order valence-electron chi connectivity index (χ4n) is 3.01. The Morgan fingerprint density at radius 3 is 2.62 bits per heavy atom. The Morgan fingerprint density at radius 2 is 1.96 bits per heavy atom. The highest BCUT2D eigenvalue weighted by Crippen LogP contribution is 2.28. The molecule has 0 saturated heterocycles. The highest BCUT2D eigenvalue weighted by atomic mass is 32.1. The largest absolute Gasteiger partial charge is 0.459 e. The van der Waals surface area contributed by atoms with Gasteiger partial charge >= 0.3 is 0 Å². The van der Waals surface area contributed by atoms with Gasteiger partial charge in [-0.1, -0.05) is 6.92 Å². The molecule has 0 bridgehead atoms. The van der Waals surface area contributed by atoms with Crippen molar-refractivity contribution in [2.75, 3.05) is 5.32 Å². The maximum atomic E-state index is 12.5. The number of amides is 2. The Hall–Kier alpha value is -2.08. The fourth-order valence-corrected chi connectivity index (χ4v) is 3.98. The topological polar surface area (TPSA) is 71.3 Å². The van der Waals surface area contributed by atoms with Gasteiger partial charge in [-0.25, -0.2) is 0 Å². The van der Waals surface area contributed by atoms with Gasteiger partial charge in [-0.2, -0.15) is 0 Å². The summed E-state index contributed by atoms with van der Waals surface area (Å²) < 4.78 is 5.07. The molecular weight excluding hydrogens is 324 g/mol. The number of carbonyl (C=O) groups is 2. The van der Waals surface area contributed by atoms with E-state index in [2.05, 4.69) is 17.6 Å². The Labute approximate surface area is 145 Å². The zero-order chi connectivity index (χ0) is 17.1. The summed E-state index contributed by atoms with van der Waals surface area (Å²) >= 11 is 1.30. The van der Waals surface area contributed by atoms with E-state index < -0.39 is 0 Å². The van der Waals surface area contributed by atoms with E-state index in [9.17, 15) is 9.59 Å². The third kappa shape index (κ3) is 3.87. The smallest absolute Gasteiger partial charge is 0.291 e. The van der Waals surface area contributed by atoms with Gasteiger partial charge in [0.1, 0.15) is 0 Å². The Morgan fingerprint density at radius 1 is 1.21 bits per heavy atom. The molecule has 2 N–H and O–H groups in total. The molecule has 3 rings (SSSR count). The van der Waals surface area contributed by atoms with Crippen molar-refractivity contribution in [3.8, 4) is 0 Å². The van der Waals surface area contributed by atoms with Crippen molar-refractivity contribution in [3.05, 3.63) is 40.7 Å². The number of anilines is 1. The van der Waals surface area contributed by atoms with E-state index in [4.69, 9.17) is 4.42 Å². The van der Waals surface area contributed by atoms with Gasteiger partial charge in [-0.15, -0.1) is 11.3 Å². The summed E-state index contributed by atoms with van der Waals surface area (Å²) in [6, 6.07) is 5.35. The molecule has 128 valence electrons. The van der Waals surface area contributed by atoms with Crippen LogP contribution in [-0.4, -0.2) is 17.9 Å². The van der Waals surface area contributed by atoms with Crippen LogP contribution in [0.3, 0.4) is 0 Å². The number of thiophene rings is 1. The summed E-state index contributed by atoms with van der Waals surface area (Å²) in [7, 11) is 0. The summed E-state index contributed by atoms with van der Waals surface area (Å²) in [6.45, 7) is 4.15. The first-order chi connectivity index (χ1) is 11.5. The molecule has 1 aliphatic rings. The monoisotopic (exact) mass is 346 g/mol. The van der Waals surface area contributed by atoms with Crippen molar-refractivity contribution in [1.82, 2.24) is 5.32 Å². The predicted molar refractivity (Wildman–Crippen MR) is 94.6 cm³/mol. The van der Waals surface area contributed by atoms with Crippen LogP contribution >= 0.6 is 11.3 Å². The van der Waals surface area contributed by atoms with Gasteiger partial charge in [0.25, 0.3) is 11.8 Å². The van der Waals surface area contributed by atoms with Crippen molar-refractivity contribution < 1.29 is 14.0 Å². The van der Waals surface area contributed by atoms with Crippen LogP contribution in [0.2, 0.25) is 0 Å². The van der Waals surface area contributed by atoms with Crippen molar-refractivity contribution in [1.29, 1.82) is 0 Å². The third-order valence-corrected chi connectivity index (χ3v) is 5.61. The zero-order valence-electron chi connectivity index (χ0n) is 13.9. The molecule has 0 spiro atoms. The van der Waals surface area contributed by atoms with Crippen LogP contribution in [0.25, 0.3) is 0 Å². The Bertz CT molecular complexity index is 713. The first-order valence-corrected chi connectivity index (χ1v) is 9.10. The minimum Gasteiger partial charge on any atom is -0.459 e. The van der Waals surface area contributed by atoms with Crippen LogP contribution in [0.4, 0.5) is 5.00 Å². The van der Waals surface area contributed by atoms with E-state index in [1.165, 1.54) is 30.4 Å². The van der Waals surface area contributed by atoms with Gasteiger partial charge in [0.2, 0.25) is 0 Å². The van der Waals surface area contributed by atoms with Crippen molar-refractivity contribution in [2.24, 2.45) is 5.92 Å². The molecule has 0 unspecified atom stereocenters. The molecule has 2 heterocycles. The number of nitrogens with one attached hydrogen (secondary N) is 2. The molecule has 2 aromatic rings. The molecule has 6 heteroatoms. The van der Waals surface area contributed by atoms with E-state index in [1.807, 2.05) is 13.0 Å². The predicted octanol–water partition coefficient (Wildman–Crippen LogP) is 4.21. The van der Waals surface area contributed by atoms with Crippen LogP contribution in [0.15, 0.2) is 28.9 Å². The van der Waals surface area contributed by atoms with E-state index >= 15 is 0 Å². The lowest BCUT2D eigenvalue weighted by Gasteiger charge is -2.26. The lowest BCUT2D eigenvalue weighted by molar-refractivity contribution is 0.0925. The number of rotatable bonds is 4. The van der Waals surface area contributed by atoms with Crippen molar-refractivity contribution >= 4 is 28.2 Å². The number of furan rings is 1. The second-order valence-electron chi connectivity index (χ2n) is 6.48. The van der Waals surface area contributed by atoms with Crippen LogP contribution < -0.4 is 10.6 Å². The molecule has 2 amide bonds. The van der Waals surface area contributed by atoms with Crippen LogP contribution in [-0.2, 0) is 0 Å². The minimum atomic E-state index is -0.311. The minimum absolute atomic E-state index is 0.0458. The molecule has 0 aliphatic heterocycles. The van der Waals surface area contributed by atoms with E-state index in [-0.39, 0.29) is 23.6 Å². The average Bonchev–Trinajstić information content (AvgIpc) is 3.19. The fraction of sp³-hybridized carbons (Fsp3) is 0.444. The van der Waals surface area contributed by atoms with Gasteiger partial charge in [-0.05, 0) is 62.3 Å². The van der Waals surface area contributed by atoms with Crippen LogP contribution in [0.5, 0.6) is 0 Å². The molecule has 1 saturated carbocycles. The third-order valence-electron chi connectivity index (χ3n) is 4.46. The van der Waals surface area contributed by atoms with Crippen LogP contribution in [0, 0.1) is 12.8 Å². The molecule has 0 atom stereocenters. The van der Waals surface area contributed by atoms with Gasteiger partial charge in [0.05, 0.1) is 16.1 Å². The first kappa shape index (κ1) is 16.8. The summed E-state index contributed by atoms with van der Waals surface area (Å²) in [4.78, 5) is 25.2. The zero-order valence-corrected chi connectivity index (χ0v) is 14.7. The number of carbonyl (C=O) groups excluding carboxylic acids is 2. The molecule has 24 heavy (non-hydrogen) atoms. The van der Waals surface area contributed by atoms with Gasteiger partial charge in [-0.3, -0.25) is 9.59 Å². The second-order valence-corrected chi connectivity index (χ2v) is 7.54. The number of aryl methyl sites for hydroxylation is 1. The van der Waals surface area contributed by atoms with E-state index in [1.54, 1.807) is 12.1 Å². The molecule has 5 nitrogen and oxygen atoms in total. The average molecular weight is 346 g/mol. The highest BCUT2D eigenvalue weighted by Gasteiger charge is 2.22. The molecular formula is C18H22N2O3S. The lowest BCUT2D eigenvalue weighted by Crippen LogP contribution is -2.37. The molecule has 2 aromatic heterocycles. The number of hydrogen-bond acceptors (Lipinski definition) is 4. The molecule has 1 aliphatic carbocycles.